The summed E-state index contributed by atoms with van der Waals surface area (Å²) >= 11 is 0. The number of hydrogen-bond donors (Lipinski definition) is 0. The zero-order valence-corrected chi connectivity index (χ0v) is 30.8. The normalized spacial score (nSPS) is 12.8. The summed E-state index contributed by atoms with van der Waals surface area (Å²) < 4.78 is 14.2. The van der Waals surface area contributed by atoms with Gasteiger partial charge in [-0.25, -0.2) is 0 Å². The van der Waals surface area contributed by atoms with Gasteiger partial charge in [0.15, 0.2) is 0 Å². The highest BCUT2D eigenvalue weighted by Crippen LogP contribution is 2.48. The van der Waals surface area contributed by atoms with Crippen molar-refractivity contribution in [1.29, 1.82) is 0 Å². The Labute approximate surface area is 329 Å². The fourth-order valence-electron chi connectivity index (χ4n) is 10.1. The molecular weight excluding hydrogens is 691 g/mol. The molecule has 0 bridgehead atoms. The van der Waals surface area contributed by atoms with Crippen LogP contribution < -0.4 is 25.9 Å². The maximum atomic E-state index is 7.08. The lowest BCUT2D eigenvalue weighted by molar-refractivity contribution is 0.467. The molecule has 0 unspecified atom stereocenters. The van der Waals surface area contributed by atoms with Crippen molar-refractivity contribution in [3.8, 4) is 45.3 Å². The quantitative estimate of drug-likeness (QED) is 0.131. The van der Waals surface area contributed by atoms with Crippen molar-refractivity contribution >= 4 is 87.7 Å². The highest BCUT2D eigenvalue weighted by Gasteiger charge is 2.42. The predicted octanol–water partition coefficient (Wildman–Crippen LogP) is 12.7. The van der Waals surface area contributed by atoms with Gasteiger partial charge in [0, 0.05) is 16.6 Å². The van der Waals surface area contributed by atoms with Gasteiger partial charge in [-0.15, -0.1) is 0 Å². The lowest BCUT2D eigenvalue weighted by atomic mass is 9.34. The molecule has 0 aliphatic carbocycles. The molecule has 262 valence electrons. The smallest absolute Gasteiger partial charge is 0.260 e. The van der Waals surface area contributed by atoms with Gasteiger partial charge in [0.05, 0.1) is 0 Å². The first-order chi connectivity index (χ1) is 28.3. The minimum Gasteiger partial charge on any atom is -0.458 e. The van der Waals surface area contributed by atoms with Crippen molar-refractivity contribution in [2.24, 2.45) is 0 Å². The highest BCUT2D eigenvalue weighted by molar-refractivity contribution is 6.98. The van der Waals surface area contributed by atoms with E-state index >= 15 is 0 Å². The van der Waals surface area contributed by atoms with Crippen LogP contribution in [0.25, 0.3) is 86.9 Å². The summed E-state index contributed by atoms with van der Waals surface area (Å²) in [6, 6.07) is 68.4. The summed E-state index contributed by atoms with van der Waals surface area (Å²) in [5.41, 5.74) is 7.69. The molecular formula is C54H31BO2. The van der Waals surface area contributed by atoms with E-state index in [1.807, 2.05) is 0 Å². The van der Waals surface area contributed by atoms with Gasteiger partial charge in [0.2, 0.25) is 0 Å². The van der Waals surface area contributed by atoms with Crippen LogP contribution in [0, 0.1) is 0 Å². The van der Waals surface area contributed by atoms with E-state index in [1.165, 1.54) is 64.6 Å². The molecule has 2 nitrogen and oxygen atoms in total. The fourth-order valence-corrected chi connectivity index (χ4v) is 10.1. The van der Waals surface area contributed by atoms with Crippen LogP contribution >= 0.6 is 0 Å². The van der Waals surface area contributed by atoms with Crippen LogP contribution in [0.5, 0.6) is 23.0 Å². The molecule has 0 spiro atoms. The zero-order valence-electron chi connectivity index (χ0n) is 30.8. The van der Waals surface area contributed by atoms with E-state index in [1.54, 1.807) is 0 Å². The van der Waals surface area contributed by atoms with E-state index in [0.29, 0.717) is 0 Å². The molecule has 2 heterocycles. The van der Waals surface area contributed by atoms with Gasteiger partial charge in [-0.05, 0) is 117 Å². The largest absolute Gasteiger partial charge is 0.458 e. The molecule has 0 atom stereocenters. The average molecular weight is 723 g/mol. The number of para-hydroxylation sites is 2. The zero-order chi connectivity index (χ0) is 37.2. The van der Waals surface area contributed by atoms with Crippen LogP contribution in [0.15, 0.2) is 188 Å². The summed E-state index contributed by atoms with van der Waals surface area (Å²) in [7, 11) is 0. The third-order valence-corrected chi connectivity index (χ3v) is 12.6. The molecule has 0 aromatic heterocycles. The van der Waals surface area contributed by atoms with Gasteiger partial charge < -0.3 is 9.47 Å². The van der Waals surface area contributed by atoms with Crippen LogP contribution in [0.2, 0.25) is 0 Å². The SMILES string of the molecule is c1ccc2c(c1)Oc1c(-c3ccc4c5ccccc5c5ccccc5c4c3)cc(-c3ccc4c5ccccc5c5ccccc5c4c3)c3c1B2c1ccccc1O3. The van der Waals surface area contributed by atoms with Crippen LogP contribution in [0.4, 0.5) is 0 Å². The van der Waals surface area contributed by atoms with Crippen molar-refractivity contribution in [3.63, 3.8) is 0 Å². The van der Waals surface area contributed by atoms with Crippen LogP contribution in [0.1, 0.15) is 0 Å². The molecule has 0 saturated heterocycles. The fraction of sp³-hybridized carbons (Fsp3) is 0. The van der Waals surface area contributed by atoms with Crippen molar-refractivity contribution in [2.75, 3.05) is 0 Å². The lowest BCUT2D eigenvalue weighted by Crippen LogP contribution is -2.57. The number of ether oxygens (including phenoxy) is 2. The molecule has 0 amide bonds. The Morgan fingerprint density at radius 2 is 0.596 bits per heavy atom. The Hall–Kier alpha value is -7.36. The first-order valence-electron chi connectivity index (χ1n) is 19.7. The number of fused-ring (bicyclic) bond motifs is 16. The van der Waals surface area contributed by atoms with E-state index in [4.69, 9.17) is 9.47 Å². The summed E-state index contributed by atoms with van der Waals surface area (Å²) in [4.78, 5) is 0. The van der Waals surface area contributed by atoms with E-state index in [9.17, 15) is 0 Å². The second-order valence-corrected chi connectivity index (χ2v) is 15.5. The minimum atomic E-state index is -0.0564. The van der Waals surface area contributed by atoms with E-state index < -0.39 is 0 Å². The molecule has 2 aliphatic heterocycles. The molecule has 57 heavy (non-hydrogen) atoms. The van der Waals surface area contributed by atoms with Crippen molar-refractivity contribution in [2.45, 2.75) is 0 Å². The summed E-state index contributed by atoms with van der Waals surface area (Å²) in [6.07, 6.45) is 0. The molecule has 0 radical (unpaired) electrons. The van der Waals surface area contributed by atoms with Gasteiger partial charge >= 0.3 is 0 Å². The Bertz CT molecular complexity index is 3250. The van der Waals surface area contributed by atoms with Gasteiger partial charge in [-0.1, -0.05) is 158 Å². The predicted molar refractivity (Wildman–Crippen MR) is 240 cm³/mol. The summed E-state index contributed by atoms with van der Waals surface area (Å²) in [6.45, 7) is -0.0564. The monoisotopic (exact) mass is 722 g/mol. The summed E-state index contributed by atoms with van der Waals surface area (Å²) in [5, 5.41) is 15.0. The van der Waals surface area contributed by atoms with Gasteiger partial charge in [0.25, 0.3) is 6.71 Å². The summed E-state index contributed by atoms with van der Waals surface area (Å²) in [5.74, 6) is 3.48. The van der Waals surface area contributed by atoms with E-state index in [-0.39, 0.29) is 6.71 Å². The number of rotatable bonds is 2. The van der Waals surface area contributed by atoms with Gasteiger partial charge in [-0.3, -0.25) is 0 Å². The molecule has 11 aromatic rings. The van der Waals surface area contributed by atoms with Gasteiger partial charge in [0.1, 0.15) is 23.0 Å². The van der Waals surface area contributed by atoms with E-state index in [0.717, 1.165) is 61.6 Å². The first-order valence-corrected chi connectivity index (χ1v) is 19.7. The standard InChI is InChI=1S/C54H31BO2/c1-3-17-38-34(13-1)36-15-5-7-19-40(36)46-29-32(25-27-42(38)46)44-31-45(33-26-28-43-39-18-4-2-14-35(39)37-16-6-8-20-41(37)47(43)30-33)54-52-53(44)56-50-23-11-9-21-48(50)55(52)49-22-10-12-24-51(49)57-54/h1-31H. The highest BCUT2D eigenvalue weighted by atomic mass is 16.5. The molecule has 0 fully saturated rings. The third kappa shape index (κ3) is 4.31. The average Bonchev–Trinajstić information content (AvgIpc) is 3.29. The Balaban J connectivity index is 1.14. The third-order valence-electron chi connectivity index (χ3n) is 12.6. The lowest BCUT2D eigenvalue weighted by Gasteiger charge is -2.35. The van der Waals surface area contributed by atoms with Crippen molar-refractivity contribution in [3.05, 3.63) is 188 Å². The number of hydrogen-bond acceptors (Lipinski definition) is 2. The Kier molecular flexibility index (Phi) is 6.28. The molecule has 11 aromatic carbocycles. The molecule has 2 aliphatic rings. The van der Waals surface area contributed by atoms with E-state index in [2.05, 4.69) is 188 Å². The topological polar surface area (TPSA) is 18.5 Å². The molecule has 0 saturated carbocycles. The van der Waals surface area contributed by atoms with Crippen LogP contribution in [-0.2, 0) is 0 Å². The molecule has 3 heteroatoms. The Morgan fingerprint density at radius 1 is 0.281 bits per heavy atom. The number of benzene rings is 11. The molecule has 13 rings (SSSR count). The Morgan fingerprint density at radius 3 is 0.982 bits per heavy atom. The minimum absolute atomic E-state index is 0.0564. The maximum absolute atomic E-state index is 7.08. The van der Waals surface area contributed by atoms with Crippen LogP contribution in [0.3, 0.4) is 0 Å². The van der Waals surface area contributed by atoms with Crippen LogP contribution in [-0.4, -0.2) is 6.71 Å². The van der Waals surface area contributed by atoms with Crippen molar-refractivity contribution in [1.82, 2.24) is 0 Å². The molecule has 0 N–H and O–H groups in total. The van der Waals surface area contributed by atoms with Gasteiger partial charge in [-0.2, -0.15) is 0 Å². The second kappa shape index (κ2) is 11.6. The first kappa shape index (κ1) is 30.9. The van der Waals surface area contributed by atoms with Crippen molar-refractivity contribution < 1.29 is 9.47 Å². The maximum Gasteiger partial charge on any atom is 0.260 e. The second-order valence-electron chi connectivity index (χ2n) is 15.5.